The molecule has 0 radical (unpaired) electrons. The molecule has 0 fully saturated rings. The van der Waals surface area contributed by atoms with E-state index in [0.717, 1.165) is 43.6 Å². The molecule has 0 saturated heterocycles. The Bertz CT molecular complexity index is 1240. The Hall–Kier alpha value is -3.72. The van der Waals surface area contributed by atoms with Crippen LogP contribution in [0.3, 0.4) is 0 Å². The Morgan fingerprint density at radius 1 is 0.846 bits per heavy atom. The van der Waals surface area contributed by atoms with E-state index in [1.54, 1.807) is 0 Å². The smallest absolute Gasteiger partial charge is 0.0698 e. The minimum absolute atomic E-state index is 0.0235. The summed E-state index contributed by atoms with van der Waals surface area (Å²) < 4.78 is 0. The van der Waals surface area contributed by atoms with Gasteiger partial charge < -0.3 is 16.4 Å². The number of benzene rings is 3. The highest BCUT2D eigenvalue weighted by atomic mass is 15.0. The van der Waals surface area contributed by atoms with Gasteiger partial charge in [-0.15, -0.1) is 0 Å². The van der Waals surface area contributed by atoms with Crippen molar-refractivity contribution in [3.63, 3.8) is 0 Å². The topological polar surface area (TPSA) is 50.1 Å². The molecule has 0 amide bonds. The largest absolute Gasteiger partial charge is 0.402 e. The third kappa shape index (κ3) is 9.21. The maximum atomic E-state index is 6.10. The zero-order valence-electron chi connectivity index (χ0n) is 24.4. The van der Waals surface area contributed by atoms with Crippen LogP contribution in [0.1, 0.15) is 56.7 Å². The summed E-state index contributed by atoms with van der Waals surface area (Å²) in [6.07, 6.45) is 3.78. The van der Waals surface area contributed by atoms with E-state index in [9.17, 15) is 0 Å². The highest BCUT2D eigenvalue weighted by Gasteiger charge is 2.29. The van der Waals surface area contributed by atoms with Crippen LogP contribution in [0.2, 0.25) is 0 Å². The molecular formula is C36H47N3. The van der Waals surface area contributed by atoms with Crippen molar-refractivity contribution in [1.82, 2.24) is 10.6 Å². The second kappa shape index (κ2) is 13.9. The van der Waals surface area contributed by atoms with Crippen LogP contribution in [0.25, 0.3) is 11.1 Å². The van der Waals surface area contributed by atoms with Crippen molar-refractivity contribution >= 4 is 0 Å². The van der Waals surface area contributed by atoms with E-state index in [-0.39, 0.29) is 17.4 Å². The van der Waals surface area contributed by atoms with Crippen molar-refractivity contribution in [3.8, 4) is 11.1 Å². The molecule has 0 aliphatic rings. The van der Waals surface area contributed by atoms with Crippen molar-refractivity contribution in [2.75, 3.05) is 0 Å². The lowest BCUT2D eigenvalue weighted by atomic mass is 9.83. The molecule has 3 aromatic carbocycles. The molecule has 3 nitrogen and oxygen atoms in total. The molecule has 0 aliphatic heterocycles. The van der Waals surface area contributed by atoms with E-state index in [1.165, 1.54) is 27.8 Å². The SMILES string of the molecule is C=C(N)CC(CCCc1ccc(-c2ccccc2)c(C)c1)C(=C)N[C@H](C(=C)NCc1ccccc1)C(C)(C)C. The minimum Gasteiger partial charge on any atom is -0.402 e. The molecule has 0 aliphatic carbocycles. The van der Waals surface area contributed by atoms with Gasteiger partial charge in [0.1, 0.15) is 0 Å². The highest BCUT2D eigenvalue weighted by Crippen LogP contribution is 2.29. The van der Waals surface area contributed by atoms with E-state index in [1.807, 2.05) is 6.07 Å². The summed E-state index contributed by atoms with van der Waals surface area (Å²) in [5, 5.41) is 7.27. The number of aryl methyl sites for hydroxylation is 2. The van der Waals surface area contributed by atoms with Crippen LogP contribution in [0.15, 0.2) is 116 Å². The summed E-state index contributed by atoms with van der Waals surface area (Å²) in [4.78, 5) is 0. The van der Waals surface area contributed by atoms with Gasteiger partial charge in [0.15, 0.2) is 0 Å². The average Bonchev–Trinajstić information content (AvgIpc) is 2.90. The highest BCUT2D eigenvalue weighted by molar-refractivity contribution is 5.67. The van der Waals surface area contributed by atoms with Gasteiger partial charge in [-0.2, -0.15) is 0 Å². The Morgan fingerprint density at radius 2 is 1.49 bits per heavy atom. The van der Waals surface area contributed by atoms with E-state index >= 15 is 0 Å². The number of nitrogens with one attached hydrogen (secondary N) is 2. The van der Waals surface area contributed by atoms with Gasteiger partial charge in [0.05, 0.1) is 6.04 Å². The fourth-order valence-electron chi connectivity index (χ4n) is 5.13. The molecule has 3 heteroatoms. The predicted molar refractivity (Wildman–Crippen MR) is 169 cm³/mol. The normalized spacial score (nSPS) is 12.8. The second-order valence-corrected chi connectivity index (χ2v) is 11.8. The van der Waals surface area contributed by atoms with Gasteiger partial charge in [-0.25, -0.2) is 0 Å². The van der Waals surface area contributed by atoms with Crippen LogP contribution in [0.4, 0.5) is 0 Å². The Labute approximate surface area is 236 Å². The molecule has 206 valence electrons. The van der Waals surface area contributed by atoms with Gasteiger partial charge in [-0.1, -0.05) is 119 Å². The van der Waals surface area contributed by atoms with Crippen LogP contribution in [0, 0.1) is 18.3 Å². The van der Waals surface area contributed by atoms with Crippen LogP contribution in [-0.2, 0) is 13.0 Å². The maximum Gasteiger partial charge on any atom is 0.0698 e. The Morgan fingerprint density at radius 3 is 2.08 bits per heavy atom. The molecule has 3 aromatic rings. The summed E-state index contributed by atoms with van der Waals surface area (Å²) in [7, 11) is 0. The van der Waals surface area contributed by atoms with Gasteiger partial charge in [0, 0.05) is 29.6 Å². The Kier molecular flexibility index (Phi) is 10.6. The molecule has 0 bridgehead atoms. The van der Waals surface area contributed by atoms with Crippen molar-refractivity contribution in [3.05, 3.63) is 132 Å². The first-order valence-electron chi connectivity index (χ1n) is 14.0. The van der Waals surface area contributed by atoms with E-state index in [4.69, 9.17) is 5.73 Å². The number of nitrogens with two attached hydrogens (primary N) is 1. The first-order chi connectivity index (χ1) is 18.5. The number of hydrogen-bond donors (Lipinski definition) is 3. The summed E-state index contributed by atoms with van der Waals surface area (Å²) in [5.41, 5.74) is 15.2. The molecule has 39 heavy (non-hydrogen) atoms. The third-order valence-corrected chi connectivity index (χ3v) is 7.30. The molecule has 0 heterocycles. The van der Waals surface area contributed by atoms with Gasteiger partial charge in [0.25, 0.3) is 0 Å². The van der Waals surface area contributed by atoms with Gasteiger partial charge in [0.2, 0.25) is 0 Å². The first kappa shape index (κ1) is 29.8. The number of allylic oxidation sites excluding steroid dienone is 2. The van der Waals surface area contributed by atoms with E-state index in [2.05, 4.69) is 131 Å². The van der Waals surface area contributed by atoms with E-state index < -0.39 is 0 Å². The minimum atomic E-state index is -0.0496. The fourth-order valence-corrected chi connectivity index (χ4v) is 5.13. The van der Waals surface area contributed by atoms with Crippen LogP contribution >= 0.6 is 0 Å². The lowest BCUT2D eigenvalue weighted by Gasteiger charge is -2.36. The zero-order valence-corrected chi connectivity index (χ0v) is 24.4. The molecule has 0 spiro atoms. The number of rotatable bonds is 14. The van der Waals surface area contributed by atoms with Crippen LogP contribution in [-0.4, -0.2) is 6.04 Å². The molecule has 4 N–H and O–H groups in total. The van der Waals surface area contributed by atoms with Crippen molar-refractivity contribution in [2.45, 2.75) is 66.0 Å². The quantitative estimate of drug-likeness (QED) is 0.200. The fraction of sp³-hybridized carbons (Fsp3) is 0.333. The maximum absolute atomic E-state index is 6.10. The van der Waals surface area contributed by atoms with Crippen molar-refractivity contribution < 1.29 is 0 Å². The molecular weight excluding hydrogens is 474 g/mol. The summed E-state index contributed by atoms with van der Waals surface area (Å²) in [6.45, 7) is 22.5. The lowest BCUT2D eigenvalue weighted by molar-refractivity contribution is 0.296. The molecule has 1 unspecified atom stereocenters. The summed E-state index contributed by atoms with van der Waals surface area (Å²) in [5.74, 6) is 0.207. The monoisotopic (exact) mass is 521 g/mol. The first-order valence-corrected chi connectivity index (χ1v) is 14.0. The average molecular weight is 522 g/mol. The van der Waals surface area contributed by atoms with Crippen molar-refractivity contribution in [2.24, 2.45) is 17.1 Å². The van der Waals surface area contributed by atoms with Crippen LogP contribution < -0.4 is 16.4 Å². The molecule has 0 saturated carbocycles. The number of hydrogen-bond acceptors (Lipinski definition) is 3. The van der Waals surface area contributed by atoms with Crippen molar-refractivity contribution in [1.29, 1.82) is 0 Å². The summed E-state index contributed by atoms with van der Waals surface area (Å²) in [6, 6.07) is 27.8. The molecule has 2 atom stereocenters. The second-order valence-electron chi connectivity index (χ2n) is 11.8. The molecule has 0 aromatic heterocycles. The van der Waals surface area contributed by atoms with Gasteiger partial charge >= 0.3 is 0 Å². The van der Waals surface area contributed by atoms with Crippen LogP contribution in [0.5, 0.6) is 0 Å². The summed E-state index contributed by atoms with van der Waals surface area (Å²) >= 11 is 0. The third-order valence-electron chi connectivity index (χ3n) is 7.30. The lowest BCUT2D eigenvalue weighted by Crippen LogP contribution is -2.45. The standard InChI is InChI=1S/C36H47N3/c1-26-23-30(21-22-34(26)32-18-12-9-13-19-32)17-14-20-33(24-27(2)37)28(3)39-35(36(5,6)7)29(4)38-25-31-15-10-8-11-16-31/h8-13,15-16,18-19,21-23,33,35,38-39H,2-4,14,17,20,24-25,37H2,1,5-7H3/t33?,35-/m1/s1. The Balaban J connectivity index is 1.62. The van der Waals surface area contributed by atoms with E-state index in [0.29, 0.717) is 5.70 Å². The molecule has 3 rings (SSSR count). The zero-order chi connectivity index (χ0) is 28.4. The predicted octanol–water partition coefficient (Wildman–Crippen LogP) is 8.28. The van der Waals surface area contributed by atoms with Gasteiger partial charge in [-0.3, -0.25) is 0 Å². The van der Waals surface area contributed by atoms with Gasteiger partial charge in [-0.05, 0) is 65.8 Å².